The predicted octanol–water partition coefficient (Wildman–Crippen LogP) is 4.45. The molecule has 0 heterocycles. The van der Waals surface area contributed by atoms with E-state index in [2.05, 4.69) is 13.5 Å². The lowest BCUT2D eigenvalue weighted by Gasteiger charge is -2.28. The number of aliphatic hydroxyl groups is 1. The van der Waals surface area contributed by atoms with E-state index in [9.17, 15) is 5.11 Å². The van der Waals surface area contributed by atoms with Crippen molar-refractivity contribution in [2.45, 2.75) is 77.2 Å². The Morgan fingerprint density at radius 2 is 1.88 bits per heavy atom. The Morgan fingerprint density at radius 3 is 2.50 bits per heavy atom. The predicted molar refractivity (Wildman–Crippen MR) is 70.5 cm³/mol. The van der Waals surface area contributed by atoms with Gasteiger partial charge in [-0.05, 0) is 37.2 Å². The Balaban J connectivity index is 2.18. The molecule has 1 fully saturated rings. The summed E-state index contributed by atoms with van der Waals surface area (Å²) >= 11 is 0. The fourth-order valence-corrected chi connectivity index (χ4v) is 2.71. The third-order valence-corrected chi connectivity index (χ3v) is 3.87. The molecule has 1 nitrogen and oxygen atoms in total. The minimum absolute atomic E-state index is 0.220. The second-order valence-electron chi connectivity index (χ2n) is 5.31. The van der Waals surface area contributed by atoms with Crippen molar-refractivity contribution in [3.8, 4) is 0 Å². The average Bonchev–Trinajstić information content (AvgIpc) is 2.34. The van der Waals surface area contributed by atoms with E-state index in [0.29, 0.717) is 5.92 Å². The Labute approximate surface area is 101 Å². The molecule has 1 N–H and O–H groups in total. The van der Waals surface area contributed by atoms with Crippen LogP contribution < -0.4 is 0 Å². The average molecular weight is 224 g/mol. The third kappa shape index (κ3) is 4.69. The lowest BCUT2D eigenvalue weighted by atomic mass is 9.82. The third-order valence-electron chi connectivity index (χ3n) is 3.87. The van der Waals surface area contributed by atoms with E-state index in [1.807, 2.05) is 0 Å². The Kier molecular flexibility index (Phi) is 6.79. The highest BCUT2D eigenvalue weighted by atomic mass is 16.3. The van der Waals surface area contributed by atoms with Crippen molar-refractivity contribution in [1.29, 1.82) is 0 Å². The van der Waals surface area contributed by atoms with Crippen molar-refractivity contribution >= 4 is 0 Å². The molecule has 0 radical (unpaired) electrons. The normalized spacial score (nSPS) is 19.6. The summed E-state index contributed by atoms with van der Waals surface area (Å²) in [5.41, 5.74) is 1.09. The number of aliphatic hydroxyl groups excluding tert-OH is 1. The van der Waals surface area contributed by atoms with Gasteiger partial charge >= 0.3 is 0 Å². The number of rotatable bonds is 7. The molecule has 0 saturated heterocycles. The van der Waals surface area contributed by atoms with Crippen molar-refractivity contribution in [3.05, 3.63) is 12.2 Å². The van der Waals surface area contributed by atoms with Gasteiger partial charge in [0.25, 0.3) is 0 Å². The summed E-state index contributed by atoms with van der Waals surface area (Å²) in [6, 6.07) is 0. The molecule has 1 aliphatic carbocycles. The molecule has 1 atom stereocenters. The van der Waals surface area contributed by atoms with E-state index in [0.717, 1.165) is 12.0 Å². The second kappa shape index (κ2) is 7.89. The molecule has 0 aromatic heterocycles. The van der Waals surface area contributed by atoms with E-state index in [1.165, 1.54) is 57.8 Å². The van der Waals surface area contributed by atoms with Gasteiger partial charge in [0.2, 0.25) is 0 Å². The molecule has 0 bridgehead atoms. The monoisotopic (exact) mass is 224 g/mol. The maximum Gasteiger partial charge on any atom is 0.0775 e. The molecule has 1 heteroatoms. The first-order chi connectivity index (χ1) is 7.75. The zero-order valence-electron chi connectivity index (χ0n) is 10.9. The maximum absolute atomic E-state index is 10.2. The summed E-state index contributed by atoms with van der Waals surface area (Å²) in [4.78, 5) is 0. The molecule has 0 aromatic carbocycles. The van der Waals surface area contributed by atoms with Crippen LogP contribution in [-0.2, 0) is 0 Å². The van der Waals surface area contributed by atoms with Crippen molar-refractivity contribution in [1.82, 2.24) is 0 Å². The van der Waals surface area contributed by atoms with Crippen LogP contribution in [0.15, 0.2) is 12.2 Å². The molecule has 1 aliphatic rings. The highest BCUT2D eigenvalue weighted by molar-refractivity contribution is 5.04. The van der Waals surface area contributed by atoms with Gasteiger partial charge in [-0.1, -0.05) is 52.0 Å². The largest absolute Gasteiger partial charge is 0.388 e. The van der Waals surface area contributed by atoms with Gasteiger partial charge < -0.3 is 5.11 Å². The first-order valence-corrected chi connectivity index (χ1v) is 7.11. The quantitative estimate of drug-likeness (QED) is 0.500. The van der Waals surface area contributed by atoms with Crippen molar-refractivity contribution in [3.63, 3.8) is 0 Å². The number of hydrogen-bond acceptors (Lipinski definition) is 1. The standard InChI is InChI=1S/C15H28O/c1-3-4-5-7-10-13(2)15(16)14-11-8-6-9-12-14/h14-16H,2-12H2,1H3. The zero-order chi connectivity index (χ0) is 11.8. The smallest absolute Gasteiger partial charge is 0.0775 e. The fraction of sp³-hybridized carbons (Fsp3) is 0.867. The van der Waals surface area contributed by atoms with Crippen molar-refractivity contribution < 1.29 is 5.11 Å². The van der Waals surface area contributed by atoms with Gasteiger partial charge in [-0.3, -0.25) is 0 Å². The molecule has 1 unspecified atom stereocenters. The lowest BCUT2D eigenvalue weighted by molar-refractivity contribution is 0.112. The molecule has 0 aliphatic heterocycles. The van der Waals surface area contributed by atoms with E-state index in [4.69, 9.17) is 0 Å². The summed E-state index contributed by atoms with van der Waals surface area (Å²) in [6.07, 6.45) is 12.2. The maximum atomic E-state index is 10.2. The zero-order valence-corrected chi connectivity index (χ0v) is 10.9. The molecule has 94 valence electrons. The van der Waals surface area contributed by atoms with Gasteiger partial charge in [0.05, 0.1) is 6.10 Å². The van der Waals surface area contributed by atoms with Crippen LogP contribution in [0.1, 0.15) is 71.1 Å². The van der Waals surface area contributed by atoms with Crippen molar-refractivity contribution in [2.75, 3.05) is 0 Å². The highest BCUT2D eigenvalue weighted by Crippen LogP contribution is 2.30. The topological polar surface area (TPSA) is 20.2 Å². The van der Waals surface area contributed by atoms with Crippen LogP contribution in [0.25, 0.3) is 0 Å². The van der Waals surface area contributed by atoms with Crippen LogP contribution in [0.2, 0.25) is 0 Å². The summed E-state index contributed by atoms with van der Waals surface area (Å²) < 4.78 is 0. The molecule has 1 rings (SSSR count). The van der Waals surface area contributed by atoms with Gasteiger partial charge in [-0.2, -0.15) is 0 Å². The first-order valence-electron chi connectivity index (χ1n) is 7.11. The minimum atomic E-state index is -0.220. The first kappa shape index (κ1) is 13.8. The summed E-state index contributed by atoms with van der Waals surface area (Å²) in [6.45, 7) is 6.31. The molecular formula is C15H28O. The molecule has 0 spiro atoms. The van der Waals surface area contributed by atoms with Gasteiger partial charge in [0.1, 0.15) is 0 Å². The van der Waals surface area contributed by atoms with Gasteiger partial charge in [0, 0.05) is 0 Å². The van der Waals surface area contributed by atoms with Crippen LogP contribution in [-0.4, -0.2) is 11.2 Å². The van der Waals surface area contributed by atoms with E-state index in [1.54, 1.807) is 0 Å². The van der Waals surface area contributed by atoms with Gasteiger partial charge in [-0.25, -0.2) is 0 Å². The summed E-state index contributed by atoms with van der Waals surface area (Å²) in [5.74, 6) is 0.507. The molecule has 16 heavy (non-hydrogen) atoms. The van der Waals surface area contributed by atoms with Crippen LogP contribution in [0.4, 0.5) is 0 Å². The summed E-state index contributed by atoms with van der Waals surface area (Å²) in [5, 5.41) is 10.2. The molecule has 0 amide bonds. The minimum Gasteiger partial charge on any atom is -0.388 e. The second-order valence-corrected chi connectivity index (χ2v) is 5.31. The van der Waals surface area contributed by atoms with Crippen LogP contribution in [0.5, 0.6) is 0 Å². The van der Waals surface area contributed by atoms with E-state index < -0.39 is 0 Å². The van der Waals surface area contributed by atoms with E-state index in [-0.39, 0.29) is 6.10 Å². The SMILES string of the molecule is C=C(CCCCCC)C(O)C1CCCCC1. The summed E-state index contributed by atoms with van der Waals surface area (Å²) in [7, 11) is 0. The molecular weight excluding hydrogens is 196 g/mol. The van der Waals surface area contributed by atoms with Crippen LogP contribution in [0, 0.1) is 5.92 Å². The lowest BCUT2D eigenvalue weighted by Crippen LogP contribution is -2.24. The Hall–Kier alpha value is -0.300. The van der Waals surface area contributed by atoms with Crippen molar-refractivity contribution in [2.24, 2.45) is 5.92 Å². The number of hydrogen-bond donors (Lipinski definition) is 1. The van der Waals surface area contributed by atoms with Crippen LogP contribution >= 0.6 is 0 Å². The van der Waals surface area contributed by atoms with Crippen LogP contribution in [0.3, 0.4) is 0 Å². The number of unbranched alkanes of at least 4 members (excludes halogenated alkanes) is 3. The van der Waals surface area contributed by atoms with E-state index >= 15 is 0 Å². The Morgan fingerprint density at radius 1 is 1.19 bits per heavy atom. The van der Waals surface area contributed by atoms with Gasteiger partial charge in [-0.15, -0.1) is 0 Å². The molecule has 0 aromatic rings. The van der Waals surface area contributed by atoms with Gasteiger partial charge in [0.15, 0.2) is 0 Å². The Bertz CT molecular complexity index is 192. The highest BCUT2D eigenvalue weighted by Gasteiger charge is 2.23. The fourth-order valence-electron chi connectivity index (χ4n) is 2.71. The molecule has 1 saturated carbocycles.